The van der Waals surface area contributed by atoms with E-state index in [0.717, 1.165) is 0 Å². The highest BCUT2D eigenvalue weighted by Crippen LogP contribution is 2.25. The number of benzene rings is 1. The molecule has 2 amide bonds. The maximum atomic E-state index is 12.8. The fourth-order valence-electron chi connectivity index (χ4n) is 2.31. The molecule has 24 heavy (non-hydrogen) atoms. The van der Waals surface area contributed by atoms with Crippen molar-refractivity contribution in [3.05, 3.63) is 53.5 Å². The SMILES string of the molecule is COc1cccc(N2C(=O)C(=Cc3ccc(C)o3)C(=O)NC2=S)c1. The van der Waals surface area contributed by atoms with Crippen molar-refractivity contribution in [2.24, 2.45) is 0 Å². The van der Waals surface area contributed by atoms with E-state index >= 15 is 0 Å². The quantitative estimate of drug-likeness (QED) is 0.527. The maximum absolute atomic E-state index is 12.8. The lowest BCUT2D eigenvalue weighted by Gasteiger charge is -2.28. The second-order valence-electron chi connectivity index (χ2n) is 5.11. The van der Waals surface area contributed by atoms with Gasteiger partial charge in [-0.1, -0.05) is 6.07 Å². The molecule has 122 valence electrons. The predicted molar refractivity (Wildman–Crippen MR) is 92.6 cm³/mol. The molecule has 1 saturated heterocycles. The zero-order valence-corrected chi connectivity index (χ0v) is 13.8. The van der Waals surface area contributed by atoms with Crippen LogP contribution in [0.2, 0.25) is 0 Å². The van der Waals surface area contributed by atoms with Crippen LogP contribution < -0.4 is 15.0 Å². The Morgan fingerprint density at radius 2 is 2.04 bits per heavy atom. The first-order valence-electron chi connectivity index (χ1n) is 7.11. The summed E-state index contributed by atoms with van der Waals surface area (Å²) in [4.78, 5) is 26.2. The first-order valence-corrected chi connectivity index (χ1v) is 7.52. The largest absolute Gasteiger partial charge is 0.497 e. The number of rotatable bonds is 3. The summed E-state index contributed by atoms with van der Waals surface area (Å²) in [6, 6.07) is 10.3. The molecule has 1 N–H and O–H groups in total. The van der Waals surface area contributed by atoms with Gasteiger partial charge in [-0.25, -0.2) is 0 Å². The van der Waals surface area contributed by atoms with E-state index in [2.05, 4.69) is 5.32 Å². The number of anilines is 1. The summed E-state index contributed by atoms with van der Waals surface area (Å²) in [7, 11) is 1.53. The second-order valence-corrected chi connectivity index (χ2v) is 5.49. The number of nitrogens with zero attached hydrogens (tertiary/aromatic N) is 1. The Morgan fingerprint density at radius 3 is 2.71 bits per heavy atom. The van der Waals surface area contributed by atoms with Crippen molar-refractivity contribution >= 4 is 40.9 Å². The van der Waals surface area contributed by atoms with Crippen LogP contribution in [0.5, 0.6) is 5.75 Å². The van der Waals surface area contributed by atoms with Crippen molar-refractivity contribution < 1.29 is 18.7 Å². The molecule has 0 saturated carbocycles. The number of furan rings is 1. The molecule has 1 aliphatic heterocycles. The van der Waals surface area contributed by atoms with Crippen LogP contribution in [-0.4, -0.2) is 24.0 Å². The number of hydrogen-bond acceptors (Lipinski definition) is 5. The van der Waals surface area contributed by atoms with Crippen molar-refractivity contribution in [1.29, 1.82) is 0 Å². The summed E-state index contributed by atoms with van der Waals surface area (Å²) in [5.74, 6) is 0.603. The van der Waals surface area contributed by atoms with Gasteiger partial charge in [0.25, 0.3) is 11.8 Å². The molecule has 1 aromatic carbocycles. The zero-order valence-electron chi connectivity index (χ0n) is 13.0. The number of carbonyl (C=O) groups excluding carboxylic acids is 2. The van der Waals surface area contributed by atoms with Gasteiger partial charge in [0.15, 0.2) is 5.11 Å². The third-order valence-electron chi connectivity index (χ3n) is 3.46. The summed E-state index contributed by atoms with van der Waals surface area (Å²) in [6.45, 7) is 1.78. The third-order valence-corrected chi connectivity index (χ3v) is 3.75. The van der Waals surface area contributed by atoms with E-state index < -0.39 is 11.8 Å². The highest BCUT2D eigenvalue weighted by molar-refractivity contribution is 7.80. The maximum Gasteiger partial charge on any atom is 0.270 e. The Hall–Kier alpha value is -2.93. The lowest BCUT2D eigenvalue weighted by molar-refractivity contribution is -0.122. The minimum atomic E-state index is -0.557. The Kier molecular flexibility index (Phi) is 4.18. The van der Waals surface area contributed by atoms with Crippen LogP contribution in [0.3, 0.4) is 0 Å². The number of nitrogens with one attached hydrogen (secondary N) is 1. The average Bonchev–Trinajstić information content (AvgIpc) is 2.96. The van der Waals surface area contributed by atoms with E-state index in [1.54, 1.807) is 43.3 Å². The smallest absolute Gasteiger partial charge is 0.270 e. The Balaban J connectivity index is 2.01. The van der Waals surface area contributed by atoms with Crippen LogP contribution >= 0.6 is 12.2 Å². The van der Waals surface area contributed by atoms with E-state index in [1.165, 1.54) is 18.1 Å². The Bertz CT molecular complexity index is 869. The number of carbonyl (C=O) groups is 2. The van der Waals surface area contributed by atoms with Gasteiger partial charge in [-0.2, -0.15) is 0 Å². The second kappa shape index (κ2) is 6.29. The summed E-state index contributed by atoms with van der Waals surface area (Å²) in [6.07, 6.45) is 1.40. The number of methoxy groups -OCH3 is 1. The van der Waals surface area contributed by atoms with Crippen LogP contribution in [0.4, 0.5) is 5.69 Å². The van der Waals surface area contributed by atoms with Gasteiger partial charge in [0, 0.05) is 6.07 Å². The molecule has 0 radical (unpaired) electrons. The van der Waals surface area contributed by atoms with Gasteiger partial charge < -0.3 is 9.15 Å². The van der Waals surface area contributed by atoms with Crippen molar-refractivity contribution in [1.82, 2.24) is 5.32 Å². The standard InChI is InChI=1S/C17H14N2O4S/c1-10-6-7-13(23-10)9-14-15(20)18-17(24)19(16(14)21)11-4-3-5-12(8-11)22-2/h3-9H,1-2H3,(H,18,20,24). The fraction of sp³-hybridized carbons (Fsp3) is 0.118. The van der Waals surface area contributed by atoms with E-state index in [-0.39, 0.29) is 10.7 Å². The van der Waals surface area contributed by atoms with Crippen LogP contribution in [0.15, 0.2) is 46.4 Å². The van der Waals surface area contributed by atoms with E-state index in [4.69, 9.17) is 21.4 Å². The van der Waals surface area contributed by atoms with Gasteiger partial charge in [0.2, 0.25) is 0 Å². The van der Waals surface area contributed by atoms with Crippen molar-refractivity contribution in [3.63, 3.8) is 0 Å². The molecular formula is C17H14N2O4S. The van der Waals surface area contributed by atoms with Gasteiger partial charge in [-0.15, -0.1) is 0 Å². The molecule has 2 heterocycles. The molecule has 2 aromatic rings. The van der Waals surface area contributed by atoms with E-state index in [1.807, 2.05) is 0 Å². The number of aryl methyl sites for hydroxylation is 1. The van der Waals surface area contributed by atoms with Crippen LogP contribution in [0, 0.1) is 6.92 Å². The molecule has 7 heteroatoms. The van der Waals surface area contributed by atoms with Crippen molar-refractivity contribution in [2.75, 3.05) is 12.0 Å². The normalized spacial score (nSPS) is 16.5. The van der Waals surface area contributed by atoms with Gasteiger partial charge in [-0.3, -0.25) is 19.8 Å². The van der Waals surface area contributed by atoms with Crippen molar-refractivity contribution in [2.45, 2.75) is 6.92 Å². The third kappa shape index (κ3) is 2.93. The number of amides is 2. The van der Waals surface area contributed by atoms with E-state index in [0.29, 0.717) is 23.0 Å². The molecule has 0 spiro atoms. The highest BCUT2D eigenvalue weighted by Gasteiger charge is 2.34. The molecule has 3 rings (SSSR count). The van der Waals surface area contributed by atoms with Crippen LogP contribution in [0.25, 0.3) is 6.08 Å². The van der Waals surface area contributed by atoms with Crippen LogP contribution in [-0.2, 0) is 9.59 Å². The summed E-state index contributed by atoms with van der Waals surface area (Å²) in [5.41, 5.74) is 0.451. The fourth-order valence-corrected chi connectivity index (χ4v) is 2.60. The molecule has 1 fully saturated rings. The number of hydrogen-bond donors (Lipinski definition) is 1. The molecule has 0 unspecified atom stereocenters. The van der Waals surface area contributed by atoms with Crippen molar-refractivity contribution in [3.8, 4) is 5.75 Å². The summed E-state index contributed by atoms with van der Waals surface area (Å²) in [5, 5.41) is 2.54. The average molecular weight is 342 g/mol. The van der Waals surface area contributed by atoms with E-state index in [9.17, 15) is 9.59 Å². The molecule has 0 bridgehead atoms. The Labute approximate surface area is 143 Å². The first-order chi connectivity index (χ1) is 11.5. The first kappa shape index (κ1) is 15.9. The topological polar surface area (TPSA) is 71.8 Å². The summed E-state index contributed by atoms with van der Waals surface area (Å²) < 4.78 is 10.6. The molecule has 0 atom stereocenters. The zero-order chi connectivity index (χ0) is 17.3. The van der Waals surface area contributed by atoms with Gasteiger partial charge in [0.1, 0.15) is 22.8 Å². The molecule has 1 aliphatic rings. The minimum absolute atomic E-state index is 0.0195. The predicted octanol–water partition coefficient (Wildman–Crippen LogP) is 2.43. The number of ether oxygens (including phenoxy) is 1. The lowest BCUT2D eigenvalue weighted by Crippen LogP contribution is -2.54. The Morgan fingerprint density at radius 1 is 1.25 bits per heavy atom. The van der Waals surface area contributed by atoms with Gasteiger partial charge >= 0.3 is 0 Å². The van der Waals surface area contributed by atoms with Gasteiger partial charge in [-0.05, 0) is 49.5 Å². The minimum Gasteiger partial charge on any atom is -0.497 e. The van der Waals surface area contributed by atoms with Crippen LogP contribution in [0.1, 0.15) is 11.5 Å². The number of thiocarbonyl (C=S) groups is 1. The molecule has 1 aromatic heterocycles. The molecule has 6 nitrogen and oxygen atoms in total. The summed E-state index contributed by atoms with van der Waals surface area (Å²) >= 11 is 5.15. The molecule has 0 aliphatic carbocycles. The molecular weight excluding hydrogens is 328 g/mol. The monoisotopic (exact) mass is 342 g/mol. The van der Waals surface area contributed by atoms with Gasteiger partial charge in [0.05, 0.1) is 12.8 Å². The highest BCUT2D eigenvalue weighted by atomic mass is 32.1. The lowest BCUT2D eigenvalue weighted by atomic mass is 10.1.